The van der Waals surface area contributed by atoms with Gasteiger partial charge >= 0.3 is 0 Å². The molecule has 0 fully saturated rings. The van der Waals surface area contributed by atoms with Crippen LogP contribution in [0.4, 0.5) is 0 Å². The molecular weight excluding hydrogens is 256 g/mol. The van der Waals surface area contributed by atoms with Gasteiger partial charge in [0.15, 0.2) is 0 Å². The predicted molar refractivity (Wildman–Crippen MR) is 82.5 cm³/mol. The van der Waals surface area contributed by atoms with Crippen molar-refractivity contribution in [1.82, 2.24) is 10.6 Å². The quantitative estimate of drug-likeness (QED) is 0.539. The van der Waals surface area contributed by atoms with E-state index in [1.165, 1.54) is 4.90 Å². The average Bonchev–Trinajstić information content (AvgIpc) is 2.39. The standard InChI is InChI=1S/C15H24N2OS/c1-13(2)8-9-17-15(18)12-16-10-11-19-14-6-4-3-5-7-14/h3-7,13,16H,8-12H2,1-2H3,(H,17,18). The Morgan fingerprint density at radius 3 is 2.63 bits per heavy atom. The number of carbonyl (C=O) groups is 1. The maximum Gasteiger partial charge on any atom is 0.233 e. The van der Waals surface area contributed by atoms with Crippen LogP contribution in [0.1, 0.15) is 20.3 Å². The number of nitrogens with one attached hydrogen (secondary N) is 2. The molecule has 4 heteroatoms. The van der Waals surface area contributed by atoms with E-state index in [1.807, 2.05) is 18.2 Å². The van der Waals surface area contributed by atoms with Crippen LogP contribution in [-0.4, -0.2) is 31.3 Å². The minimum atomic E-state index is 0.0883. The normalized spacial score (nSPS) is 10.7. The molecule has 0 bridgehead atoms. The molecule has 0 saturated carbocycles. The lowest BCUT2D eigenvalue weighted by atomic mass is 10.1. The fraction of sp³-hybridized carbons (Fsp3) is 0.533. The molecule has 19 heavy (non-hydrogen) atoms. The molecule has 0 atom stereocenters. The van der Waals surface area contributed by atoms with E-state index in [1.54, 1.807) is 11.8 Å². The van der Waals surface area contributed by atoms with Crippen molar-refractivity contribution in [1.29, 1.82) is 0 Å². The Morgan fingerprint density at radius 1 is 1.21 bits per heavy atom. The van der Waals surface area contributed by atoms with E-state index in [0.717, 1.165) is 25.3 Å². The smallest absolute Gasteiger partial charge is 0.233 e. The molecule has 0 aromatic heterocycles. The highest BCUT2D eigenvalue weighted by molar-refractivity contribution is 7.99. The molecule has 2 N–H and O–H groups in total. The SMILES string of the molecule is CC(C)CCNC(=O)CNCCSc1ccccc1. The van der Waals surface area contributed by atoms with Gasteiger partial charge in [0.05, 0.1) is 6.54 Å². The summed E-state index contributed by atoms with van der Waals surface area (Å²) in [7, 11) is 0. The Labute approximate surface area is 120 Å². The van der Waals surface area contributed by atoms with Gasteiger partial charge in [0, 0.05) is 23.7 Å². The van der Waals surface area contributed by atoms with Gasteiger partial charge in [-0.05, 0) is 24.5 Å². The molecule has 0 aliphatic heterocycles. The summed E-state index contributed by atoms with van der Waals surface area (Å²) in [6, 6.07) is 10.3. The number of hydrogen-bond donors (Lipinski definition) is 2. The van der Waals surface area contributed by atoms with E-state index in [-0.39, 0.29) is 5.91 Å². The molecule has 1 aromatic carbocycles. The molecule has 106 valence electrons. The number of amides is 1. The van der Waals surface area contributed by atoms with Crippen molar-refractivity contribution in [2.24, 2.45) is 5.92 Å². The lowest BCUT2D eigenvalue weighted by Crippen LogP contribution is -2.35. The molecule has 0 aliphatic rings. The monoisotopic (exact) mass is 280 g/mol. The summed E-state index contributed by atoms with van der Waals surface area (Å²) in [6.07, 6.45) is 1.04. The number of carbonyl (C=O) groups excluding carboxylic acids is 1. The van der Waals surface area contributed by atoms with Gasteiger partial charge in [-0.3, -0.25) is 4.79 Å². The third kappa shape index (κ3) is 8.67. The summed E-state index contributed by atoms with van der Waals surface area (Å²) in [6.45, 7) is 6.35. The largest absolute Gasteiger partial charge is 0.355 e. The van der Waals surface area contributed by atoms with Crippen LogP contribution < -0.4 is 10.6 Å². The highest BCUT2D eigenvalue weighted by Gasteiger charge is 2.00. The Hall–Kier alpha value is -1.00. The van der Waals surface area contributed by atoms with Crippen LogP contribution in [0.2, 0.25) is 0 Å². The van der Waals surface area contributed by atoms with E-state index < -0.39 is 0 Å². The van der Waals surface area contributed by atoms with Crippen molar-refractivity contribution < 1.29 is 4.79 Å². The zero-order chi connectivity index (χ0) is 13.9. The minimum absolute atomic E-state index is 0.0883. The second-order valence-electron chi connectivity index (χ2n) is 4.87. The second kappa shape index (κ2) is 9.87. The zero-order valence-electron chi connectivity index (χ0n) is 11.8. The molecular formula is C15H24N2OS. The van der Waals surface area contributed by atoms with E-state index in [4.69, 9.17) is 0 Å². The third-order valence-electron chi connectivity index (χ3n) is 2.62. The fourth-order valence-electron chi connectivity index (χ4n) is 1.52. The zero-order valence-corrected chi connectivity index (χ0v) is 12.6. The van der Waals surface area contributed by atoms with Crippen LogP contribution in [0.15, 0.2) is 35.2 Å². The van der Waals surface area contributed by atoms with Gasteiger partial charge in [0.25, 0.3) is 0 Å². The molecule has 1 rings (SSSR count). The first-order valence-corrected chi connectivity index (χ1v) is 7.82. The van der Waals surface area contributed by atoms with Crippen molar-refractivity contribution in [2.45, 2.75) is 25.2 Å². The maximum atomic E-state index is 11.5. The van der Waals surface area contributed by atoms with Crippen LogP contribution in [0, 0.1) is 5.92 Å². The number of rotatable bonds is 9. The van der Waals surface area contributed by atoms with Crippen molar-refractivity contribution in [2.75, 3.05) is 25.4 Å². The van der Waals surface area contributed by atoms with Gasteiger partial charge in [-0.2, -0.15) is 0 Å². The molecule has 0 radical (unpaired) electrons. The first-order chi connectivity index (χ1) is 9.18. The van der Waals surface area contributed by atoms with Gasteiger partial charge in [0.2, 0.25) is 5.91 Å². The highest BCUT2D eigenvalue weighted by atomic mass is 32.2. The van der Waals surface area contributed by atoms with Gasteiger partial charge < -0.3 is 10.6 Å². The Morgan fingerprint density at radius 2 is 1.95 bits per heavy atom. The summed E-state index contributed by atoms with van der Waals surface area (Å²) in [5.74, 6) is 1.70. The molecule has 0 heterocycles. The molecule has 0 saturated heterocycles. The summed E-state index contributed by atoms with van der Waals surface area (Å²) in [5.41, 5.74) is 0. The van der Waals surface area contributed by atoms with Gasteiger partial charge in [-0.15, -0.1) is 11.8 Å². The maximum absolute atomic E-state index is 11.5. The molecule has 1 amide bonds. The average molecular weight is 280 g/mol. The fourth-order valence-corrected chi connectivity index (χ4v) is 2.35. The summed E-state index contributed by atoms with van der Waals surface area (Å²) in [4.78, 5) is 12.7. The van der Waals surface area contributed by atoms with Crippen LogP contribution in [-0.2, 0) is 4.79 Å². The van der Waals surface area contributed by atoms with Crippen molar-refractivity contribution in [3.8, 4) is 0 Å². The summed E-state index contributed by atoms with van der Waals surface area (Å²) >= 11 is 1.80. The van der Waals surface area contributed by atoms with Gasteiger partial charge in [-0.25, -0.2) is 0 Å². The molecule has 0 spiro atoms. The third-order valence-corrected chi connectivity index (χ3v) is 3.63. The number of hydrogen-bond acceptors (Lipinski definition) is 3. The lowest BCUT2D eigenvalue weighted by molar-refractivity contribution is -0.120. The van der Waals surface area contributed by atoms with Crippen LogP contribution in [0.3, 0.4) is 0 Å². The Bertz CT molecular complexity index is 354. The summed E-state index contributed by atoms with van der Waals surface area (Å²) < 4.78 is 0. The highest BCUT2D eigenvalue weighted by Crippen LogP contribution is 2.15. The second-order valence-corrected chi connectivity index (χ2v) is 6.04. The predicted octanol–water partition coefficient (Wildman–Crippen LogP) is 2.53. The molecule has 3 nitrogen and oxygen atoms in total. The first-order valence-electron chi connectivity index (χ1n) is 6.83. The Balaban J connectivity index is 1.97. The lowest BCUT2D eigenvalue weighted by Gasteiger charge is -2.08. The molecule has 1 aromatic rings. The van der Waals surface area contributed by atoms with Gasteiger partial charge in [0.1, 0.15) is 0 Å². The summed E-state index contributed by atoms with van der Waals surface area (Å²) in [5, 5.41) is 6.08. The first kappa shape index (κ1) is 16.1. The van der Waals surface area contributed by atoms with E-state index in [9.17, 15) is 4.79 Å². The number of thioether (sulfide) groups is 1. The van der Waals surface area contributed by atoms with Crippen molar-refractivity contribution in [3.05, 3.63) is 30.3 Å². The Kier molecular flexibility index (Phi) is 8.34. The topological polar surface area (TPSA) is 41.1 Å². The van der Waals surface area contributed by atoms with Crippen LogP contribution in [0.5, 0.6) is 0 Å². The van der Waals surface area contributed by atoms with E-state index >= 15 is 0 Å². The van der Waals surface area contributed by atoms with Crippen LogP contribution >= 0.6 is 11.8 Å². The van der Waals surface area contributed by atoms with Crippen molar-refractivity contribution >= 4 is 17.7 Å². The van der Waals surface area contributed by atoms with E-state index in [0.29, 0.717) is 12.5 Å². The van der Waals surface area contributed by atoms with Gasteiger partial charge in [-0.1, -0.05) is 32.0 Å². The van der Waals surface area contributed by atoms with E-state index in [2.05, 4.69) is 36.6 Å². The minimum Gasteiger partial charge on any atom is -0.355 e. The van der Waals surface area contributed by atoms with Crippen molar-refractivity contribution in [3.63, 3.8) is 0 Å². The van der Waals surface area contributed by atoms with Crippen LogP contribution in [0.25, 0.3) is 0 Å². The molecule has 0 unspecified atom stereocenters. The number of benzene rings is 1. The molecule has 0 aliphatic carbocycles.